The number of rotatable bonds is 4. The zero-order valence-corrected chi connectivity index (χ0v) is 14.8. The molecule has 2 aromatic heterocycles. The smallest absolute Gasteiger partial charge is 0.259 e. The summed E-state index contributed by atoms with van der Waals surface area (Å²) in [5.41, 5.74) is 1.03. The van der Waals surface area contributed by atoms with Crippen LogP contribution in [0.15, 0.2) is 47.1 Å². The second-order valence-electron chi connectivity index (χ2n) is 6.62. The second kappa shape index (κ2) is 6.84. The highest BCUT2D eigenvalue weighted by atomic mass is 19.1. The molecule has 0 aliphatic carbocycles. The van der Waals surface area contributed by atoms with Gasteiger partial charge in [0.15, 0.2) is 0 Å². The Balaban J connectivity index is 1.53. The van der Waals surface area contributed by atoms with E-state index in [2.05, 4.69) is 39.0 Å². The quantitative estimate of drug-likeness (QED) is 0.718. The fourth-order valence-electron chi connectivity index (χ4n) is 3.23. The third-order valence-corrected chi connectivity index (χ3v) is 4.81. The Kier molecular flexibility index (Phi) is 4.38. The highest BCUT2D eigenvalue weighted by Gasteiger charge is 2.24. The Morgan fingerprint density at radius 1 is 1.23 bits per heavy atom. The normalized spacial score (nSPS) is 17.6. The van der Waals surface area contributed by atoms with Crippen molar-refractivity contribution in [1.29, 1.82) is 0 Å². The Labute approximate surface area is 151 Å². The molecule has 1 aliphatic heterocycles. The van der Waals surface area contributed by atoms with E-state index in [-0.39, 0.29) is 11.6 Å². The van der Waals surface area contributed by atoms with Gasteiger partial charge in [-0.25, -0.2) is 9.37 Å². The third-order valence-electron chi connectivity index (χ3n) is 4.81. The van der Waals surface area contributed by atoms with Crippen molar-refractivity contribution in [2.45, 2.75) is 12.5 Å². The van der Waals surface area contributed by atoms with Crippen molar-refractivity contribution in [3.8, 4) is 22.8 Å². The molecule has 134 valence electrons. The van der Waals surface area contributed by atoms with Crippen LogP contribution in [-0.2, 0) is 0 Å². The van der Waals surface area contributed by atoms with Crippen molar-refractivity contribution >= 4 is 5.82 Å². The number of halogens is 1. The molecule has 7 heteroatoms. The number of likely N-dealkylation sites (tertiary alicyclic amines) is 1. The number of nitrogens with zero attached hydrogens (tertiary/aromatic N) is 5. The maximum atomic E-state index is 13.9. The second-order valence-corrected chi connectivity index (χ2v) is 6.62. The van der Waals surface area contributed by atoms with Crippen molar-refractivity contribution in [2.24, 2.45) is 0 Å². The van der Waals surface area contributed by atoms with E-state index in [1.165, 1.54) is 6.07 Å². The molecule has 0 N–H and O–H groups in total. The summed E-state index contributed by atoms with van der Waals surface area (Å²) in [6.45, 7) is 2.14. The van der Waals surface area contributed by atoms with Crippen LogP contribution in [0.4, 0.5) is 10.2 Å². The maximum Gasteiger partial charge on any atom is 0.259 e. The summed E-state index contributed by atoms with van der Waals surface area (Å²) in [5.74, 6) is 1.08. The SMILES string of the molecule is CN1CCC(N(C)c2ccc(-c3nc(-c4ccccc4F)no3)cn2)C1. The van der Waals surface area contributed by atoms with Gasteiger partial charge in [-0.2, -0.15) is 4.98 Å². The van der Waals surface area contributed by atoms with Crippen LogP contribution in [0.5, 0.6) is 0 Å². The minimum Gasteiger partial charge on any atom is -0.355 e. The summed E-state index contributed by atoms with van der Waals surface area (Å²) in [6.07, 6.45) is 2.84. The average Bonchev–Trinajstić information content (AvgIpc) is 3.31. The molecule has 3 heterocycles. The molecule has 0 saturated carbocycles. The number of hydrogen-bond acceptors (Lipinski definition) is 6. The van der Waals surface area contributed by atoms with E-state index in [0.717, 1.165) is 25.3 Å². The van der Waals surface area contributed by atoms with Gasteiger partial charge in [0.05, 0.1) is 11.1 Å². The Hall–Kier alpha value is -2.80. The fourth-order valence-corrected chi connectivity index (χ4v) is 3.23. The summed E-state index contributed by atoms with van der Waals surface area (Å²) in [4.78, 5) is 13.3. The minimum absolute atomic E-state index is 0.230. The monoisotopic (exact) mass is 353 g/mol. The van der Waals surface area contributed by atoms with Gasteiger partial charge >= 0.3 is 0 Å². The Morgan fingerprint density at radius 2 is 2.08 bits per heavy atom. The molecule has 1 saturated heterocycles. The van der Waals surface area contributed by atoms with Gasteiger partial charge in [0.1, 0.15) is 11.6 Å². The van der Waals surface area contributed by atoms with Gasteiger partial charge in [0.25, 0.3) is 5.89 Å². The van der Waals surface area contributed by atoms with E-state index in [1.54, 1.807) is 24.4 Å². The van der Waals surface area contributed by atoms with E-state index in [9.17, 15) is 4.39 Å². The molecule has 1 atom stereocenters. The van der Waals surface area contributed by atoms with Gasteiger partial charge in [-0.1, -0.05) is 17.3 Å². The molecule has 26 heavy (non-hydrogen) atoms. The van der Waals surface area contributed by atoms with Crippen molar-refractivity contribution in [1.82, 2.24) is 20.0 Å². The summed E-state index contributed by atoms with van der Waals surface area (Å²) in [6, 6.07) is 10.7. The number of aromatic nitrogens is 3. The standard InChI is InChI=1S/C19H20FN5O/c1-24-10-9-14(12-24)25(2)17-8-7-13(11-21-17)19-22-18(23-26-19)15-5-3-4-6-16(15)20/h3-8,11,14H,9-10,12H2,1-2H3. The number of hydrogen-bond donors (Lipinski definition) is 0. The molecule has 1 aliphatic rings. The van der Waals surface area contributed by atoms with Crippen LogP contribution in [0.2, 0.25) is 0 Å². The number of likely N-dealkylation sites (N-methyl/N-ethyl adjacent to an activating group) is 2. The van der Waals surface area contributed by atoms with Gasteiger partial charge in [-0.3, -0.25) is 0 Å². The molecular weight excluding hydrogens is 333 g/mol. The molecule has 3 aromatic rings. The number of anilines is 1. The van der Waals surface area contributed by atoms with Gasteiger partial charge in [0.2, 0.25) is 5.82 Å². The molecule has 0 spiro atoms. The lowest BCUT2D eigenvalue weighted by atomic mass is 10.2. The van der Waals surface area contributed by atoms with Crippen LogP contribution in [0.25, 0.3) is 22.8 Å². The van der Waals surface area contributed by atoms with Crippen LogP contribution < -0.4 is 4.90 Å². The first kappa shape index (κ1) is 16.7. The van der Waals surface area contributed by atoms with Crippen LogP contribution >= 0.6 is 0 Å². The topological polar surface area (TPSA) is 58.3 Å². The number of pyridine rings is 1. The first-order chi connectivity index (χ1) is 12.6. The van der Waals surface area contributed by atoms with Crippen LogP contribution in [0.3, 0.4) is 0 Å². The van der Waals surface area contributed by atoms with Crippen molar-refractivity contribution in [3.63, 3.8) is 0 Å². The van der Waals surface area contributed by atoms with E-state index >= 15 is 0 Å². The van der Waals surface area contributed by atoms with Crippen molar-refractivity contribution in [2.75, 3.05) is 32.1 Å². The molecule has 0 bridgehead atoms. The minimum atomic E-state index is -0.378. The van der Waals surface area contributed by atoms with Gasteiger partial charge in [0, 0.05) is 25.8 Å². The molecule has 6 nitrogen and oxygen atoms in total. The highest BCUT2D eigenvalue weighted by molar-refractivity contribution is 5.60. The fraction of sp³-hybridized carbons (Fsp3) is 0.316. The largest absolute Gasteiger partial charge is 0.355 e. The van der Waals surface area contributed by atoms with Crippen LogP contribution in [0, 0.1) is 5.82 Å². The summed E-state index contributed by atoms with van der Waals surface area (Å²) >= 11 is 0. The summed E-state index contributed by atoms with van der Waals surface area (Å²) in [5, 5.41) is 3.88. The predicted molar refractivity (Wildman–Crippen MR) is 97.2 cm³/mol. The van der Waals surface area contributed by atoms with Crippen LogP contribution in [-0.4, -0.2) is 53.3 Å². The molecule has 4 rings (SSSR count). The lowest BCUT2D eigenvalue weighted by molar-refractivity contribution is 0.409. The highest BCUT2D eigenvalue weighted by Crippen LogP contribution is 2.25. The average molecular weight is 353 g/mol. The van der Waals surface area contributed by atoms with Gasteiger partial charge in [-0.15, -0.1) is 0 Å². The third kappa shape index (κ3) is 3.17. The van der Waals surface area contributed by atoms with Crippen LogP contribution in [0.1, 0.15) is 6.42 Å². The lowest BCUT2D eigenvalue weighted by Gasteiger charge is -2.25. The zero-order valence-electron chi connectivity index (χ0n) is 14.8. The lowest BCUT2D eigenvalue weighted by Crippen LogP contribution is -2.34. The molecule has 0 radical (unpaired) electrons. The van der Waals surface area contributed by atoms with Gasteiger partial charge < -0.3 is 14.3 Å². The Morgan fingerprint density at radius 3 is 2.77 bits per heavy atom. The summed E-state index contributed by atoms with van der Waals surface area (Å²) < 4.78 is 19.1. The molecule has 1 unspecified atom stereocenters. The zero-order chi connectivity index (χ0) is 18.1. The molecule has 1 fully saturated rings. The molecular formula is C19H20FN5O. The summed E-state index contributed by atoms with van der Waals surface area (Å²) in [7, 11) is 4.20. The first-order valence-corrected chi connectivity index (χ1v) is 8.58. The van der Waals surface area contributed by atoms with Crippen molar-refractivity contribution in [3.05, 3.63) is 48.4 Å². The molecule has 0 amide bonds. The van der Waals surface area contributed by atoms with E-state index in [4.69, 9.17) is 4.52 Å². The first-order valence-electron chi connectivity index (χ1n) is 8.58. The predicted octanol–water partition coefficient (Wildman–Crippen LogP) is 3.08. The van der Waals surface area contributed by atoms with E-state index in [0.29, 0.717) is 23.1 Å². The van der Waals surface area contributed by atoms with Gasteiger partial charge in [-0.05, 0) is 44.3 Å². The molecule has 1 aromatic carbocycles. The van der Waals surface area contributed by atoms with Crippen molar-refractivity contribution < 1.29 is 8.91 Å². The number of benzene rings is 1. The van der Waals surface area contributed by atoms with E-state index in [1.807, 2.05) is 12.1 Å². The van der Waals surface area contributed by atoms with E-state index < -0.39 is 0 Å². The Bertz CT molecular complexity index is 895. The maximum absolute atomic E-state index is 13.9.